The van der Waals surface area contributed by atoms with Gasteiger partial charge in [0, 0.05) is 6.54 Å². The van der Waals surface area contributed by atoms with E-state index in [1.807, 2.05) is 13.0 Å². The van der Waals surface area contributed by atoms with Crippen LogP contribution in [0.4, 0.5) is 0 Å². The van der Waals surface area contributed by atoms with Crippen molar-refractivity contribution in [2.75, 3.05) is 6.54 Å². The molecule has 0 spiro atoms. The van der Waals surface area contributed by atoms with Gasteiger partial charge in [0.2, 0.25) is 0 Å². The van der Waals surface area contributed by atoms with Gasteiger partial charge in [0.1, 0.15) is 5.75 Å². The Morgan fingerprint density at radius 3 is 2.78 bits per heavy atom. The van der Waals surface area contributed by atoms with Crippen molar-refractivity contribution in [1.82, 2.24) is 5.32 Å². The molecule has 0 aromatic heterocycles. The molecule has 1 N–H and O–H groups in total. The van der Waals surface area contributed by atoms with Crippen molar-refractivity contribution >= 4 is 5.91 Å². The highest BCUT2D eigenvalue weighted by Gasteiger charge is 2.15. The van der Waals surface area contributed by atoms with E-state index in [0.29, 0.717) is 6.54 Å². The Hall–Kier alpha value is -1.51. The minimum atomic E-state index is -0.438. The van der Waals surface area contributed by atoms with Crippen LogP contribution in [0.2, 0.25) is 0 Å². The molecule has 0 aliphatic heterocycles. The summed E-state index contributed by atoms with van der Waals surface area (Å²) in [6.45, 7) is 4.32. The molecular formula is C15H21NO2. The Bertz CT molecular complexity index is 429. The van der Waals surface area contributed by atoms with Gasteiger partial charge in [0.25, 0.3) is 5.91 Å². The predicted molar refractivity (Wildman–Crippen MR) is 71.9 cm³/mol. The van der Waals surface area contributed by atoms with E-state index in [9.17, 15) is 4.79 Å². The zero-order chi connectivity index (χ0) is 13.0. The van der Waals surface area contributed by atoms with Crippen molar-refractivity contribution in [1.29, 1.82) is 0 Å². The first-order valence-electron chi connectivity index (χ1n) is 6.77. The standard InChI is InChI=1S/C15H21NO2/c1-3-16-15(17)11(2)18-14-9-8-12-6-4-5-7-13(12)10-14/h8-11H,3-7H2,1-2H3,(H,16,17). The van der Waals surface area contributed by atoms with Crippen LogP contribution in [0.5, 0.6) is 5.75 Å². The van der Waals surface area contributed by atoms with Crippen LogP contribution in [0.1, 0.15) is 37.8 Å². The number of amides is 1. The van der Waals surface area contributed by atoms with Gasteiger partial charge in [-0.05, 0) is 62.8 Å². The Morgan fingerprint density at radius 2 is 2.06 bits per heavy atom. The van der Waals surface area contributed by atoms with E-state index in [1.165, 1.54) is 30.4 Å². The number of benzene rings is 1. The SMILES string of the molecule is CCNC(=O)C(C)Oc1ccc2c(c1)CCCC2. The molecule has 1 amide bonds. The molecule has 3 nitrogen and oxygen atoms in total. The molecule has 98 valence electrons. The van der Waals surface area contributed by atoms with Gasteiger partial charge in [-0.1, -0.05) is 6.07 Å². The van der Waals surface area contributed by atoms with Crippen LogP contribution in [0.3, 0.4) is 0 Å². The van der Waals surface area contributed by atoms with E-state index < -0.39 is 6.10 Å². The van der Waals surface area contributed by atoms with Crippen molar-refractivity contribution in [2.45, 2.75) is 45.6 Å². The highest BCUT2D eigenvalue weighted by Crippen LogP contribution is 2.25. The van der Waals surface area contributed by atoms with Gasteiger partial charge >= 0.3 is 0 Å². The van der Waals surface area contributed by atoms with Gasteiger partial charge in [-0.15, -0.1) is 0 Å². The van der Waals surface area contributed by atoms with Crippen LogP contribution in [0, 0.1) is 0 Å². The van der Waals surface area contributed by atoms with Gasteiger partial charge < -0.3 is 10.1 Å². The van der Waals surface area contributed by atoms with E-state index in [1.54, 1.807) is 6.92 Å². The highest BCUT2D eigenvalue weighted by atomic mass is 16.5. The largest absolute Gasteiger partial charge is 0.481 e. The zero-order valence-corrected chi connectivity index (χ0v) is 11.2. The van der Waals surface area contributed by atoms with Crippen molar-refractivity contribution < 1.29 is 9.53 Å². The van der Waals surface area contributed by atoms with Gasteiger partial charge in [-0.2, -0.15) is 0 Å². The van der Waals surface area contributed by atoms with Crippen LogP contribution >= 0.6 is 0 Å². The van der Waals surface area contributed by atoms with E-state index in [0.717, 1.165) is 12.2 Å². The average molecular weight is 247 g/mol. The maximum atomic E-state index is 11.6. The first-order chi connectivity index (χ1) is 8.70. The fraction of sp³-hybridized carbons (Fsp3) is 0.533. The molecule has 1 atom stereocenters. The fourth-order valence-corrected chi connectivity index (χ4v) is 2.36. The summed E-state index contributed by atoms with van der Waals surface area (Å²) < 4.78 is 5.68. The quantitative estimate of drug-likeness (QED) is 0.887. The van der Waals surface area contributed by atoms with Crippen LogP contribution in [0.15, 0.2) is 18.2 Å². The number of hydrogen-bond acceptors (Lipinski definition) is 2. The van der Waals surface area contributed by atoms with Gasteiger partial charge in [0.15, 0.2) is 6.10 Å². The molecule has 0 bridgehead atoms. The second kappa shape index (κ2) is 5.89. The number of carbonyl (C=O) groups excluding carboxylic acids is 1. The maximum Gasteiger partial charge on any atom is 0.260 e. The third-order valence-corrected chi connectivity index (χ3v) is 3.35. The molecule has 0 heterocycles. The summed E-state index contributed by atoms with van der Waals surface area (Å²) in [4.78, 5) is 11.6. The Morgan fingerprint density at radius 1 is 1.33 bits per heavy atom. The van der Waals surface area contributed by atoms with Crippen molar-refractivity contribution in [3.8, 4) is 5.75 Å². The number of carbonyl (C=O) groups is 1. The van der Waals surface area contributed by atoms with Gasteiger partial charge in [0.05, 0.1) is 0 Å². The molecule has 2 rings (SSSR count). The number of ether oxygens (including phenoxy) is 1. The second-order valence-corrected chi connectivity index (χ2v) is 4.79. The molecular weight excluding hydrogens is 226 g/mol. The molecule has 1 aromatic rings. The first-order valence-corrected chi connectivity index (χ1v) is 6.77. The monoisotopic (exact) mass is 247 g/mol. The van der Waals surface area contributed by atoms with Crippen LogP contribution in [0.25, 0.3) is 0 Å². The van der Waals surface area contributed by atoms with Gasteiger partial charge in [-0.3, -0.25) is 4.79 Å². The molecule has 0 saturated carbocycles. The average Bonchev–Trinajstić information content (AvgIpc) is 2.39. The number of likely N-dealkylation sites (N-methyl/N-ethyl adjacent to an activating group) is 1. The Kier molecular flexibility index (Phi) is 4.24. The van der Waals surface area contributed by atoms with Gasteiger partial charge in [-0.25, -0.2) is 0 Å². The first kappa shape index (κ1) is 12.9. The lowest BCUT2D eigenvalue weighted by Gasteiger charge is -2.19. The van der Waals surface area contributed by atoms with Crippen molar-refractivity contribution in [2.24, 2.45) is 0 Å². The number of rotatable bonds is 4. The molecule has 0 saturated heterocycles. The highest BCUT2D eigenvalue weighted by molar-refractivity contribution is 5.80. The molecule has 3 heteroatoms. The van der Waals surface area contributed by atoms with E-state index in [4.69, 9.17) is 4.74 Å². The van der Waals surface area contributed by atoms with E-state index in [-0.39, 0.29) is 5.91 Å². The summed E-state index contributed by atoms with van der Waals surface area (Å²) >= 11 is 0. The number of fused-ring (bicyclic) bond motifs is 1. The van der Waals surface area contributed by atoms with Crippen molar-refractivity contribution in [3.05, 3.63) is 29.3 Å². The molecule has 18 heavy (non-hydrogen) atoms. The summed E-state index contributed by atoms with van der Waals surface area (Å²) in [5.41, 5.74) is 2.81. The number of nitrogens with one attached hydrogen (secondary N) is 1. The van der Waals surface area contributed by atoms with E-state index >= 15 is 0 Å². The lowest BCUT2D eigenvalue weighted by Crippen LogP contribution is -2.36. The molecule has 1 aliphatic rings. The zero-order valence-electron chi connectivity index (χ0n) is 11.2. The summed E-state index contributed by atoms with van der Waals surface area (Å²) in [5.74, 6) is 0.740. The smallest absolute Gasteiger partial charge is 0.260 e. The lowest BCUT2D eigenvalue weighted by atomic mass is 9.92. The summed E-state index contributed by atoms with van der Waals surface area (Å²) in [6, 6.07) is 6.19. The summed E-state index contributed by atoms with van der Waals surface area (Å²) in [7, 11) is 0. The summed E-state index contributed by atoms with van der Waals surface area (Å²) in [6.07, 6.45) is 4.39. The topological polar surface area (TPSA) is 38.3 Å². The fourth-order valence-electron chi connectivity index (χ4n) is 2.36. The van der Waals surface area contributed by atoms with Crippen LogP contribution < -0.4 is 10.1 Å². The second-order valence-electron chi connectivity index (χ2n) is 4.79. The molecule has 1 aliphatic carbocycles. The molecule has 1 aromatic carbocycles. The maximum absolute atomic E-state index is 11.6. The van der Waals surface area contributed by atoms with Crippen LogP contribution in [-0.4, -0.2) is 18.6 Å². The third kappa shape index (κ3) is 3.03. The van der Waals surface area contributed by atoms with Crippen molar-refractivity contribution in [3.63, 3.8) is 0 Å². The number of aryl methyl sites for hydroxylation is 2. The van der Waals surface area contributed by atoms with E-state index in [2.05, 4.69) is 17.4 Å². The van der Waals surface area contributed by atoms with Crippen LogP contribution in [-0.2, 0) is 17.6 Å². The Balaban J connectivity index is 2.03. The Labute approximate surface area is 109 Å². The predicted octanol–water partition coefficient (Wildman–Crippen LogP) is 2.47. The minimum Gasteiger partial charge on any atom is -0.481 e. The molecule has 0 radical (unpaired) electrons. The lowest BCUT2D eigenvalue weighted by molar-refractivity contribution is -0.127. The molecule has 1 unspecified atom stereocenters. The third-order valence-electron chi connectivity index (χ3n) is 3.35. The normalized spacial score (nSPS) is 15.7. The minimum absolute atomic E-state index is 0.0600. The number of hydrogen-bond donors (Lipinski definition) is 1. The summed E-state index contributed by atoms with van der Waals surface area (Å²) in [5, 5.41) is 2.76. The molecule has 0 fully saturated rings.